The van der Waals surface area contributed by atoms with E-state index in [1.807, 2.05) is 0 Å². The van der Waals surface area contributed by atoms with Gasteiger partial charge in [0.25, 0.3) is 0 Å². The highest BCUT2D eigenvalue weighted by Gasteiger charge is 2.22. The third kappa shape index (κ3) is 5.95. The zero-order valence-electron chi connectivity index (χ0n) is 12.3. The minimum Gasteiger partial charge on any atom is -0.433 e. The first-order chi connectivity index (χ1) is 9.73. The topological polar surface area (TPSA) is 61.8 Å². The van der Waals surface area contributed by atoms with Gasteiger partial charge < -0.3 is 20.1 Å². The Morgan fingerprint density at radius 1 is 1.43 bits per heavy atom. The minimum atomic E-state index is -2.97. The summed E-state index contributed by atoms with van der Waals surface area (Å²) in [5, 5.41) is 12.3. The van der Waals surface area contributed by atoms with Crippen molar-refractivity contribution < 1.29 is 23.4 Å². The maximum Gasteiger partial charge on any atom is 0.387 e. The van der Waals surface area contributed by atoms with Crippen molar-refractivity contribution in [3.05, 3.63) is 24.3 Å². The van der Waals surface area contributed by atoms with Gasteiger partial charge >= 0.3 is 12.6 Å². The van der Waals surface area contributed by atoms with Crippen molar-refractivity contribution >= 4 is 11.7 Å². The number of nitrogens with one attached hydrogen (secondary N) is 1. The van der Waals surface area contributed by atoms with Gasteiger partial charge in [-0.2, -0.15) is 8.78 Å². The maximum absolute atomic E-state index is 12.3. The summed E-state index contributed by atoms with van der Waals surface area (Å²) in [4.78, 5) is 13.5. The highest BCUT2D eigenvalue weighted by molar-refractivity contribution is 5.91. The second-order valence-electron chi connectivity index (χ2n) is 5.13. The standard InChI is InChI=1S/C14H20F2N2O3/c1-4-18(9-14(2,3)20)13(19)17-10-7-5-6-8-11(10)21-12(15)16/h5-8,12,20H,4,9H2,1-3H3,(H,17,19). The van der Waals surface area contributed by atoms with E-state index < -0.39 is 18.2 Å². The number of alkyl halides is 2. The van der Waals surface area contributed by atoms with Gasteiger partial charge in [0.2, 0.25) is 0 Å². The molecule has 2 N–H and O–H groups in total. The minimum absolute atomic E-state index is 0.111. The number of nitrogens with zero attached hydrogens (tertiary/aromatic N) is 1. The summed E-state index contributed by atoms with van der Waals surface area (Å²) in [5.74, 6) is -0.111. The van der Waals surface area contributed by atoms with Crippen LogP contribution in [0.15, 0.2) is 24.3 Å². The number of ether oxygens (including phenoxy) is 1. The monoisotopic (exact) mass is 302 g/mol. The number of likely N-dealkylation sites (N-methyl/N-ethyl adjacent to an activating group) is 1. The summed E-state index contributed by atoms with van der Waals surface area (Å²) in [6, 6.07) is 5.44. The van der Waals surface area contributed by atoms with Crippen molar-refractivity contribution in [2.24, 2.45) is 0 Å². The Kier molecular flexibility index (Phi) is 5.90. The molecule has 1 aromatic rings. The Hall–Kier alpha value is -1.89. The number of hydrogen-bond acceptors (Lipinski definition) is 3. The van der Waals surface area contributed by atoms with Crippen molar-refractivity contribution in [1.29, 1.82) is 0 Å². The number of urea groups is 1. The first-order valence-corrected chi connectivity index (χ1v) is 6.55. The largest absolute Gasteiger partial charge is 0.433 e. The fraction of sp³-hybridized carbons (Fsp3) is 0.500. The maximum atomic E-state index is 12.3. The molecular formula is C14H20F2N2O3. The summed E-state index contributed by atoms with van der Waals surface area (Å²) in [7, 11) is 0. The van der Waals surface area contributed by atoms with Crippen LogP contribution in [-0.4, -0.2) is 41.3 Å². The molecule has 0 aliphatic carbocycles. The van der Waals surface area contributed by atoms with Gasteiger partial charge in [0.15, 0.2) is 0 Å². The molecule has 0 spiro atoms. The third-order valence-electron chi connectivity index (χ3n) is 2.59. The number of amides is 2. The molecule has 1 aromatic carbocycles. The van der Waals surface area contributed by atoms with Crippen LogP contribution in [0.3, 0.4) is 0 Å². The number of benzene rings is 1. The van der Waals surface area contributed by atoms with Crippen molar-refractivity contribution in [1.82, 2.24) is 4.90 Å². The second-order valence-corrected chi connectivity index (χ2v) is 5.13. The van der Waals surface area contributed by atoms with E-state index in [2.05, 4.69) is 10.1 Å². The Morgan fingerprint density at radius 2 is 2.05 bits per heavy atom. The summed E-state index contributed by atoms with van der Waals surface area (Å²) in [5.41, 5.74) is -0.899. The SMILES string of the molecule is CCN(CC(C)(C)O)C(=O)Nc1ccccc1OC(F)F. The Balaban J connectivity index is 2.82. The quantitative estimate of drug-likeness (QED) is 0.849. The molecule has 0 saturated heterocycles. The number of carbonyl (C=O) groups is 1. The average molecular weight is 302 g/mol. The normalized spacial score (nSPS) is 11.4. The summed E-state index contributed by atoms with van der Waals surface area (Å²) < 4.78 is 29.0. The number of halogens is 2. The molecule has 1 rings (SSSR count). The highest BCUT2D eigenvalue weighted by atomic mass is 19.3. The van der Waals surface area contributed by atoms with E-state index in [1.165, 1.54) is 23.1 Å². The summed E-state index contributed by atoms with van der Waals surface area (Å²) in [6.07, 6.45) is 0. The van der Waals surface area contributed by atoms with Crippen molar-refractivity contribution in [2.75, 3.05) is 18.4 Å². The molecule has 0 aromatic heterocycles. The van der Waals surface area contributed by atoms with Gasteiger partial charge in [-0.25, -0.2) is 4.79 Å². The molecule has 0 heterocycles. The van der Waals surface area contributed by atoms with Crippen LogP contribution in [0.5, 0.6) is 5.75 Å². The number of carbonyl (C=O) groups excluding carboxylic acids is 1. The van der Waals surface area contributed by atoms with E-state index >= 15 is 0 Å². The highest BCUT2D eigenvalue weighted by Crippen LogP contribution is 2.25. The van der Waals surface area contributed by atoms with Gasteiger partial charge in [0, 0.05) is 6.54 Å². The molecule has 0 unspecified atom stereocenters. The Morgan fingerprint density at radius 3 is 2.57 bits per heavy atom. The molecule has 7 heteroatoms. The molecular weight excluding hydrogens is 282 g/mol. The number of rotatable bonds is 6. The predicted octanol–water partition coefficient (Wildman–Crippen LogP) is 2.91. The molecule has 5 nitrogen and oxygen atoms in total. The fourth-order valence-electron chi connectivity index (χ4n) is 1.76. The molecule has 0 radical (unpaired) electrons. The van der Waals surface area contributed by atoms with E-state index in [9.17, 15) is 18.7 Å². The van der Waals surface area contributed by atoms with Crippen LogP contribution in [0.2, 0.25) is 0 Å². The van der Waals surface area contributed by atoms with Gasteiger partial charge in [-0.3, -0.25) is 0 Å². The van der Waals surface area contributed by atoms with Crippen molar-refractivity contribution in [3.8, 4) is 5.75 Å². The first kappa shape index (κ1) is 17.2. The van der Waals surface area contributed by atoms with E-state index in [0.717, 1.165) is 0 Å². The Labute approximate surface area is 122 Å². The lowest BCUT2D eigenvalue weighted by molar-refractivity contribution is -0.0493. The average Bonchev–Trinajstić information content (AvgIpc) is 2.36. The molecule has 0 bridgehead atoms. The predicted molar refractivity (Wildman–Crippen MR) is 75.6 cm³/mol. The number of aliphatic hydroxyl groups is 1. The van der Waals surface area contributed by atoms with Crippen molar-refractivity contribution in [3.63, 3.8) is 0 Å². The molecule has 0 aliphatic rings. The van der Waals surface area contributed by atoms with Crippen LogP contribution < -0.4 is 10.1 Å². The number of hydrogen-bond donors (Lipinski definition) is 2. The van der Waals surface area contributed by atoms with E-state index in [1.54, 1.807) is 26.8 Å². The number of anilines is 1. The van der Waals surface area contributed by atoms with Crippen LogP contribution in [-0.2, 0) is 0 Å². The molecule has 0 atom stereocenters. The smallest absolute Gasteiger partial charge is 0.387 e. The third-order valence-corrected chi connectivity index (χ3v) is 2.59. The molecule has 21 heavy (non-hydrogen) atoms. The van der Waals surface area contributed by atoms with Crippen LogP contribution in [0.1, 0.15) is 20.8 Å². The van der Waals surface area contributed by atoms with Crippen LogP contribution in [0.4, 0.5) is 19.3 Å². The lowest BCUT2D eigenvalue weighted by Gasteiger charge is -2.28. The van der Waals surface area contributed by atoms with Gasteiger partial charge in [0.05, 0.1) is 17.8 Å². The Bertz CT molecular complexity index is 476. The summed E-state index contributed by atoms with van der Waals surface area (Å²) >= 11 is 0. The zero-order valence-corrected chi connectivity index (χ0v) is 12.3. The molecule has 0 saturated carbocycles. The lowest BCUT2D eigenvalue weighted by Crippen LogP contribution is -2.44. The first-order valence-electron chi connectivity index (χ1n) is 6.55. The number of para-hydroxylation sites is 2. The van der Waals surface area contributed by atoms with Gasteiger partial charge in [-0.15, -0.1) is 0 Å². The van der Waals surface area contributed by atoms with E-state index in [4.69, 9.17) is 0 Å². The summed E-state index contributed by atoms with van der Waals surface area (Å²) in [6.45, 7) is 2.43. The second kappa shape index (κ2) is 7.21. The van der Waals surface area contributed by atoms with Crippen molar-refractivity contribution in [2.45, 2.75) is 33.0 Å². The van der Waals surface area contributed by atoms with Gasteiger partial charge in [-0.05, 0) is 32.9 Å². The van der Waals surface area contributed by atoms with Gasteiger partial charge in [-0.1, -0.05) is 12.1 Å². The van der Waals surface area contributed by atoms with Crippen LogP contribution in [0, 0.1) is 0 Å². The molecule has 0 aliphatic heterocycles. The molecule has 118 valence electrons. The van der Waals surface area contributed by atoms with Crippen LogP contribution >= 0.6 is 0 Å². The molecule has 0 fully saturated rings. The fourth-order valence-corrected chi connectivity index (χ4v) is 1.76. The lowest BCUT2D eigenvalue weighted by atomic mass is 10.1. The molecule has 2 amide bonds. The zero-order chi connectivity index (χ0) is 16.0. The van der Waals surface area contributed by atoms with E-state index in [-0.39, 0.29) is 18.0 Å². The van der Waals surface area contributed by atoms with E-state index in [0.29, 0.717) is 6.54 Å². The van der Waals surface area contributed by atoms with Crippen LogP contribution in [0.25, 0.3) is 0 Å². The van der Waals surface area contributed by atoms with Gasteiger partial charge in [0.1, 0.15) is 5.75 Å².